The van der Waals surface area contributed by atoms with Crippen LogP contribution in [0.3, 0.4) is 0 Å². The van der Waals surface area contributed by atoms with Crippen molar-refractivity contribution in [3.63, 3.8) is 0 Å². The summed E-state index contributed by atoms with van der Waals surface area (Å²) in [5.74, 6) is -34.8. The van der Waals surface area contributed by atoms with Gasteiger partial charge < -0.3 is 145 Å². The van der Waals surface area contributed by atoms with E-state index in [1.165, 1.54) is 30.5 Å². The number of ketones is 4. The summed E-state index contributed by atoms with van der Waals surface area (Å²) in [5, 5.41) is 228. The molecule has 47 heteroatoms. The molecule has 0 spiro atoms. The number of carboxylic acids is 5. The van der Waals surface area contributed by atoms with Crippen LogP contribution in [0.5, 0.6) is 0 Å². The average molecular weight is 1560 g/mol. The molecule has 0 saturated carbocycles. The zero-order valence-electron chi connectivity index (χ0n) is 57.3. The normalized spacial score (nSPS) is 17.4. The Morgan fingerprint density at radius 3 is 1.15 bits per heavy atom. The maximum atomic E-state index is 14.4. The van der Waals surface area contributed by atoms with Crippen LogP contribution >= 0.6 is 0 Å². The van der Waals surface area contributed by atoms with E-state index in [1.54, 1.807) is 10.6 Å². The molecule has 3 aromatic rings. The van der Waals surface area contributed by atoms with Crippen molar-refractivity contribution in [3.8, 4) is 0 Å². The van der Waals surface area contributed by atoms with E-state index in [0.717, 1.165) is 6.92 Å². The highest BCUT2D eigenvalue weighted by molar-refractivity contribution is 6.01. The summed E-state index contributed by atoms with van der Waals surface area (Å²) in [6, 6.07) is -6.22. The van der Waals surface area contributed by atoms with Crippen LogP contribution in [0.1, 0.15) is 80.8 Å². The molecule has 2 aromatic heterocycles. The second-order valence-corrected chi connectivity index (χ2v) is 25.0. The number of aliphatic carboxylic acids is 5. The number of aliphatic hydroxyl groups excluding tert-OH is 16. The Kier molecular flexibility index (Phi) is 37.3. The third-order valence-electron chi connectivity index (χ3n) is 16.8. The first-order valence-electron chi connectivity index (χ1n) is 32.6. The minimum absolute atomic E-state index is 0.00634. The minimum atomic E-state index is -2.92. The summed E-state index contributed by atoms with van der Waals surface area (Å²) in [6.07, 6.45) is -42.8. The number of aromatic amines is 1. The number of nitrogen functional groups attached to an aromatic ring is 1. The third-order valence-corrected chi connectivity index (χ3v) is 16.8. The standard InChI is InChI=1S/C62H87N11O36/c1-21(60(106)107)66-55(101)27(46(93)50(97)38(83)18-75)9-34(79)32(13-42(88)89)70-57(103)29(48(95)52(99)40(85)20-77)11-36(81)33(14-43(90)91)71-58(104)28(47(94)51(98)39(84)19-76)10-35(80)31(12-41(86)87)69-56(102)26(45(92)49(96)37(82)17-74)8-25(78)6-7-30(61(108)109)68-54(100)22-2-4-23(5-3-22)64-15-24-16-65-53-44(67-24)59(105)73-62(63)72-53/h2-5,16,21,26-33,37-40,45-52,64,74-77,82-85,92-99H,6-15,17-20H2,1H3,(H,66,101)(H,68,100)(H,69,102)(H,70,103)(H,71,104)(H,86,87)(H,88,89)(H,90,91)(H,106,107)(H,108,109)(H3,63,65,72,73,105)/t21-,26+,27+,28+,29+,30+,31+,32+,33+,37-,38-,39-,40-,45-,46-,47-,48-,49-,50-,51-,52-/m1/s1. The lowest BCUT2D eigenvalue weighted by Gasteiger charge is -2.32. The lowest BCUT2D eigenvalue weighted by molar-refractivity contribution is -0.150. The molecule has 1 aromatic carbocycles. The Morgan fingerprint density at radius 2 is 0.807 bits per heavy atom. The van der Waals surface area contributed by atoms with Gasteiger partial charge in [-0.15, -0.1) is 0 Å². The predicted octanol–water partition coefficient (Wildman–Crippen LogP) is -13.1. The zero-order valence-corrected chi connectivity index (χ0v) is 57.3. The van der Waals surface area contributed by atoms with Crippen molar-refractivity contribution in [2.24, 2.45) is 23.7 Å². The highest BCUT2D eigenvalue weighted by Crippen LogP contribution is 2.26. The predicted molar refractivity (Wildman–Crippen MR) is 355 cm³/mol. The molecule has 0 saturated heterocycles. The number of nitrogens with one attached hydrogen (secondary N) is 7. The molecule has 30 N–H and O–H groups in total. The van der Waals surface area contributed by atoms with Gasteiger partial charge in [0.2, 0.25) is 29.6 Å². The summed E-state index contributed by atoms with van der Waals surface area (Å²) < 4.78 is 0. The molecule has 5 amide bonds. The van der Waals surface area contributed by atoms with Crippen LogP contribution < -0.4 is 43.2 Å². The molecule has 2 heterocycles. The van der Waals surface area contributed by atoms with Crippen LogP contribution in [0, 0.1) is 23.7 Å². The number of hydrogen-bond donors (Lipinski definition) is 29. The molecule has 0 aliphatic rings. The van der Waals surface area contributed by atoms with Gasteiger partial charge in [0.1, 0.15) is 66.7 Å². The number of hydrogen-bond acceptors (Lipinski definition) is 36. The molecule has 0 radical (unpaired) electrons. The largest absolute Gasteiger partial charge is 0.481 e. The van der Waals surface area contributed by atoms with Crippen molar-refractivity contribution in [1.82, 2.24) is 46.5 Å². The summed E-state index contributed by atoms with van der Waals surface area (Å²) in [4.78, 5) is 213. The number of nitrogens with two attached hydrogens (primary N) is 1. The summed E-state index contributed by atoms with van der Waals surface area (Å²) >= 11 is 0. The van der Waals surface area contributed by atoms with E-state index in [4.69, 9.17) is 5.73 Å². The van der Waals surface area contributed by atoms with Crippen molar-refractivity contribution in [1.29, 1.82) is 0 Å². The van der Waals surface area contributed by atoms with Gasteiger partial charge in [-0.3, -0.25) is 72.1 Å². The molecule has 3 rings (SSSR count). The molecule has 21 atom stereocenters. The van der Waals surface area contributed by atoms with Gasteiger partial charge in [-0.1, -0.05) is 0 Å². The monoisotopic (exact) mass is 1560 g/mol. The number of carbonyl (C=O) groups excluding carboxylic acids is 9. The van der Waals surface area contributed by atoms with Crippen molar-refractivity contribution in [2.75, 3.05) is 37.5 Å². The number of carboxylic acid groups (broad SMARTS) is 5. The number of aromatic nitrogens is 4. The number of anilines is 2. The van der Waals surface area contributed by atoms with Crippen LogP contribution in [-0.4, -0.2) is 340 Å². The second-order valence-electron chi connectivity index (χ2n) is 25.0. The van der Waals surface area contributed by atoms with E-state index in [2.05, 4.69) is 30.6 Å². The number of aliphatic hydroxyl groups is 16. The maximum absolute atomic E-state index is 14.4. The van der Waals surface area contributed by atoms with E-state index in [9.17, 15) is 179 Å². The fraction of sp³-hybridized carbons (Fsp3) is 0.581. The molecule has 0 bridgehead atoms. The number of amides is 5. The van der Waals surface area contributed by atoms with Gasteiger partial charge in [0.15, 0.2) is 28.5 Å². The Hall–Kier alpha value is -10.2. The molecular formula is C62H87N11O36. The minimum Gasteiger partial charge on any atom is -0.481 e. The quantitative estimate of drug-likeness (QED) is 0.0250. The summed E-state index contributed by atoms with van der Waals surface area (Å²) in [7, 11) is 0. The molecule has 0 aliphatic carbocycles. The van der Waals surface area contributed by atoms with Gasteiger partial charge >= 0.3 is 29.8 Å². The SMILES string of the molecule is C[C@@H](NC(=O)[C@@H](CC(=O)[C@H](CC(=O)O)NC(=O)[C@@H](CC(=O)[C@H](CC(=O)O)NC(=O)[C@@H](CC(=O)[C@H](CC(=O)O)NC(=O)[C@@H](CC(=O)CC[C@H](NC(=O)c1ccc(NCc2cnc3nc(N)[nH]c(=O)c3n2)cc1)C(=O)O)[C@@H](O)[C@H](O)[C@H](O)CO)[C@@H](O)[C@H](O)[C@H](O)CO)[C@@H](O)[C@H](O)[C@H](O)CO)[C@@H](O)[C@H](O)[C@H](O)CO)C(=O)O. The highest BCUT2D eigenvalue weighted by atomic mass is 16.4. The number of nitrogens with zero attached hydrogens (tertiary/aromatic N) is 3. The van der Waals surface area contributed by atoms with Crippen molar-refractivity contribution >= 4 is 105 Å². The van der Waals surface area contributed by atoms with E-state index < -0.39 is 299 Å². The number of carbonyl (C=O) groups is 14. The maximum Gasteiger partial charge on any atom is 0.326 e. The van der Waals surface area contributed by atoms with Gasteiger partial charge in [0, 0.05) is 43.4 Å². The molecule has 47 nitrogen and oxygen atoms in total. The first-order valence-corrected chi connectivity index (χ1v) is 32.6. The second kappa shape index (κ2) is 43.7. The smallest absolute Gasteiger partial charge is 0.326 e. The molecule has 0 fully saturated rings. The Balaban J connectivity index is 2.00. The van der Waals surface area contributed by atoms with Crippen LogP contribution in [0.15, 0.2) is 35.3 Å². The molecule has 606 valence electrons. The van der Waals surface area contributed by atoms with Crippen molar-refractivity contribution in [2.45, 2.75) is 175 Å². The first kappa shape index (κ1) is 93.0. The Bertz CT molecular complexity index is 3760. The van der Waals surface area contributed by atoms with Crippen LogP contribution in [0.25, 0.3) is 11.2 Å². The summed E-state index contributed by atoms with van der Waals surface area (Å²) in [6.45, 7) is -4.70. The number of H-pyrrole nitrogens is 1. The molecule has 109 heavy (non-hydrogen) atoms. The number of Topliss-reactive ketones (excluding diaryl/α,β-unsaturated/α-hetero) is 4. The van der Waals surface area contributed by atoms with E-state index in [1.807, 2.05) is 10.6 Å². The van der Waals surface area contributed by atoms with E-state index >= 15 is 0 Å². The zero-order chi connectivity index (χ0) is 82.8. The van der Waals surface area contributed by atoms with E-state index in [-0.39, 0.29) is 34.9 Å². The van der Waals surface area contributed by atoms with E-state index in [0.29, 0.717) is 5.69 Å². The van der Waals surface area contributed by atoms with Crippen LogP contribution in [-0.2, 0) is 68.9 Å². The lowest BCUT2D eigenvalue weighted by Crippen LogP contribution is -2.56. The third kappa shape index (κ3) is 28.1. The van der Waals surface area contributed by atoms with Gasteiger partial charge in [-0.2, -0.15) is 4.98 Å². The summed E-state index contributed by atoms with van der Waals surface area (Å²) in [5.41, 5.74) is 5.26. The highest BCUT2D eigenvalue weighted by Gasteiger charge is 2.46. The van der Waals surface area contributed by atoms with Gasteiger partial charge in [-0.25, -0.2) is 14.8 Å². The topological polar surface area (TPSA) is 834 Å². The Labute approximate surface area is 612 Å². The van der Waals surface area contributed by atoms with Gasteiger partial charge in [-0.05, 0) is 37.6 Å². The van der Waals surface area contributed by atoms with Crippen molar-refractivity contribution in [3.05, 3.63) is 52.1 Å². The van der Waals surface area contributed by atoms with Crippen molar-refractivity contribution < 1.29 is 174 Å². The molecule has 0 aliphatic heterocycles. The number of benzene rings is 1. The number of fused-ring (bicyclic) bond motifs is 1. The van der Waals surface area contributed by atoms with Crippen LogP contribution in [0.4, 0.5) is 11.6 Å². The van der Waals surface area contributed by atoms with Crippen LogP contribution in [0.2, 0.25) is 0 Å². The number of rotatable bonds is 51. The average Bonchev–Trinajstić information content (AvgIpc) is 0.813. The Morgan fingerprint density at radius 1 is 0.450 bits per heavy atom. The molecule has 0 unspecified atom stereocenters. The van der Waals surface area contributed by atoms with Gasteiger partial charge in [0.25, 0.3) is 11.5 Å². The fourth-order valence-electron chi connectivity index (χ4n) is 10.5. The lowest BCUT2D eigenvalue weighted by atomic mass is 9.85. The molecular weight excluding hydrogens is 1470 g/mol. The fourth-order valence-corrected chi connectivity index (χ4v) is 10.5. The van der Waals surface area contributed by atoms with Gasteiger partial charge in [0.05, 0.1) is 130 Å². The first-order chi connectivity index (χ1) is 50.9.